The number of nitrogens with one attached hydrogen (secondary N) is 3. The molecule has 0 aliphatic carbocycles. The summed E-state index contributed by atoms with van der Waals surface area (Å²) >= 11 is 0. The van der Waals surface area contributed by atoms with Crippen molar-refractivity contribution in [2.45, 2.75) is 32.1 Å². The molecule has 0 saturated heterocycles. The minimum Gasteiger partial charge on any atom is -0.353 e. The van der Waals surface area contributed by atoms with Gasteiger partial charge in [0.05, 0.1) is 24.5 Å². The molecule has 4 aromatic carbocycles. The summed E-state index contributed by atoms with van der Waals surface area (Å²) in [4.78, 5) is 74.9. The zero-order valence-electron chi connectivity index (χ0n) is 40.7. The molecule has 6 aromatic rings. The number of hydrogen-bond acceptors (Lipinski definition) is 12. The van der Waals surface area contributed by atoms with E-state index >= 15 is 0 Å². The first-order valence-corrected chi connectivity index (χ1v) is 24.0. The van der Waals surface area contributed by atoms with Crippen molar-refractivity contribution in [1.82, 2.24) is 45.3 Å². The summed E-state index contributed by atoms with van der Waals surface area (Å²) in [5.41, 5.74) is 3.35. The highest BCUT2D eigenvalue weighted by atomic mass is 32.2. The molecule has 0 bridgehead atoms. The molecule has 0 fully saturated rings. The first-order valence-electron chi connectivity index (χ1n) is 22.1. The summed E-state index contributed by atoms with van der Waals surface area (Å²) in [6, 6.07) is 15.0. The van der Waals surface area contributed by atoms with Gasteiger partial charge in [-0.15, -0.1) is 0 Å². The van der Waals surface area contributed by atoms with Gasteiger partial charge in [0.2, 0.25) is 20.9 Å². The molecule has 0 saturated carbocycles. The second kappa shape index (κ2) is 20.7. The van der Waals surface area contributed by atoms with Crippen LogP contribution in [0.3, 0.4) is 0 Å². The number of aromatic nitrogens is 4. The quantitative estimate of drug-likeness (QED) is 0.0890. The number of anilines is 5. The van der Waals surface area contributed by atoms with Gasteiger partial charge in [0.1, 0.15) is 34.6 Å². The van der Waals surface area contributed by atoms with Crippen LogP contribution in [0.2, 0.25) is 0 Å². The van der Waals surface area contributed by atoms with Gasteiger partial charge >= 0.3 is 12.1 Å². The molecule has 8 rings (SSSR count). The highest BCUT2D eigenvalue weighted by Crippen LogP contribution is 2.41. The summed E-state index contributed by atoms with van der Waals surface area (Å²) in [5.74, 6) is -4.37. The highest BCUT2D eigenvalue weighted by Gasteiger charge is 2.37. The monoisotopic (exact) mass is 1010 g/mol. The average molecular weight is 1010 g/mol. The molecule has 18 nitrogen and oxygen atoms in total. The zero-order chi connectivity index (χ0) is 52.5. The molecule has 376 valence electrons. The lowest BCUT2D eigenvalue weighted by atomic mass is 9.97. The zero-order valence-corrected chi connectivity index (χ0v) is 41.5. The van der Waals surface area contributed by atoms with Gasteiger partial charge in [0, 0.05) is 80.9 Å². The van der Waals surface area contributed by atoms with Crippen LogP contribution in [0.1, 0.15) is 43.0 Å². The number of aryl methyl sites for hydroxylation is 2. The average Bonchev–Trinajstić information content (AvgIpc) is 3.31. The largest absolute Gasteiger partial charge is 0.353 e. The molecule has 2 aliphatic rings. The number of carbonyl (C=O) groups is 4. The lowest BCUT2D eigenvalue weighted by Gasteiger charge is -2.31. The predicted molar refractivity (Wildman–Crippen MR) is 262 cm³/mol. The third kappa shape index (κ3) is 10.5. The summed E-state index contributed by atoms with van der Waals surface area (Å²) < 4.78 is 83.9. The Bertz CT molecular complexity index is 3240. The molecule has 2 aliphatic heterocycles. The van der Waals surface area contributed by atoms with Crippen LogP contribution < -0.4 is 25.8 Å². The molecule has 0 unspecified atom stereocenters. The third-order valence-corrected chi connectivity index (χ3v) is 12.2. The molecular weight excluding hydrogens is 961 g/mol. The Morgan fingerprint density at radius 1 is 0.639 bits per heavy atom. The first-order chi connectivity index (χ1) is 34.0. The maximum Gasteiger partial charge on any atom is 0.328 e. The van der Waals surface area contributed by atoms with Crippen molar-refractivity contribution in [3.8, 4) is 22.5 Å². The number of carbonyl (C=O) groups excluding carboxylic acids is 4. The molecule has 4 heterocycles. The second-order valence-electron chi connectivity index (χ2n) is 17.4. The molecule has 2 aromatic heterocycles. The molecule has 0 atom stereocenters. The van der Waals surface area contributed by atoms with E-state index in [1.807, 2.05) is 32.0 Å². The number of nitrogens with zero attached hydrogens (tertiary/aromatic N) is 9. The Morgan fingerprint density at radius 2 is 1.06 bits per heavy atom. The van der Waals surface area contributed by atoms with Crippen molar-refractivity contribution in [3.05, 3.63) is 129 Å². The van der Waals surface area contributed by atoms with E-state index in [-0.39, 0.29) is 53.7 Å². The normalized spacial score (nSPS) is 13.1. The van der Waals surface area contributed by atoms with Crippen molar-refractivity contribution in [1.29, 1.82) is 0 Å². The van der Waals surface area contributed by atoms with Crippen LogP contribution in [0.15, 0.2) is 78.0 Å². The smallest absolute Gasteiger partial charge is 0.328 e. The van der Waals surface area contributed by atoms with Gasteiger partial charge in [0.25, 0.3) is 11.8 Å². The lowest BCUT2D eigenvalue weighted by molar-refractivity contribution is 0.0820. The van der Waals surface area contributed by atoms with E-state index in [2.05, 4.69) is 30.9 Å². The van der Waals surface area contributed by atoms with E-state index in [1.165, 1.54) is 15.9 Å². The van der Waals surface area contributed by atoms with Crippen molar-refractivity contribution in [3.63, 3.8) is 0 Å². The number of amides is 6. The fourth-order valence-corrected chi connectivity index (χ4v) is 8.25. The number of sulfone groups is 1. The number of para-hydroxylation sites is 2. The van der Waals surface area contributed by atoms with Crippen LogP contribution in [-0.2, 0) is 22.9 Å². The maximum atomic E-state index is 14.8. The van der Waals surface area contributed by atoms with Crippen molar-refractivity contribution >= 4 is 62.7 Å². The van der Waals surface area contributed by atoms with Gasteiger partial charge in [0.15, 0.2) is 11.6 Å². The van der Waals surface area contributed by atoms with Gasteiger partial charge in [-0.3, -0.25) is 9.59 Å². The topological polar surface area (TPSA) is 206 Å². The van der Waals surface area contributed by atoms with Crippen LogP contribution in [0.4, 0.5) is 56.1 Å². The molecule has 23 heteroatoms. The number of benzene rings is 4. The fraction of sp³-hybridized carbons (Fsp3) is 0.265. The summed E-state index contributed by atoms with van der Waals surface area (Å²) in [6.07, 6.45) is 0.883. The molecule has 0 spiro atoms. The number of hydrogen-bond donors (Lipinski definition) is 3. The van der Waals surface area contributed by atoms with Gasteiger partial charge in [-0.2, -0.15) is 9.97 Å². The number of likely N-dealkylation sites (N-methyl/N-ethyl adjacent to an activating group) is 1. The maximum absolute atomic E-state index is 14.8. The SMILES string of the molecule is Cc1ccc(C(=O)N(C)C)cc1-c1nc(NCCN(C)C)nc2c1CNC(=O)N2c1c(F)cccc1F.Cc1ccc(C(=O)N(C)C)cc1-c1nc(S(C)(=O)=O)nc2c1CNC(=O)N2c1c(F)cccc1F. The Balaban J connectivity index is 0.000000212. The van der Waals surface area contributed by atoms with Gasteiger partial charge < -0.3 is 30.7 Å². The molecule has 6 amide bonds. The van der Waals surface area contributed by atoms with Crippen molar-refractivity contribution < 1.29 is 45.2 Å². The molecule has 3 N–H and O–H groups in total. The van der Waals surface area contributed by atoms with E-state index in [0.717, 1.165) is 47.1 Å². The van der Waals surface area contributed by atoms with Gasteiger partial charge in [-0.1, -0.05) is 24.3 Å². The Hall–Kier alpha value is -8.05. The Morgan fingerprint density at radius 3 is 1.46 bits per heavy atom. The van der Waals surface area contributed by atoms with Crippen LogP contribution in [0.5, 0.6) is 0 Å². The van der Waals surface area contributed by atoms with E-state index in [4.69, 9.17) is 4.98 Å². The van der Waals surface area contributed by atoms with Crippen molar-refractivity contribution in [2.75, 3.05) is 76.7 Å². The minimum atomic E-state index is -4.01. The minimum absolute atomic E-state index is 0.0410. The fourth-order valence-electron chi connectivity index (χ4n) is 7.74. The molecule has 0 radical (unpaired) electrons. The van der Waals surface area contributed by atoms with Gasteiger partial charge in [-0.25, -0.2) is 55.3 Å². The summed E-state index contributed by atoms with van der Waals surface area (Å²) in [7, 11) is 6.34. The Labute approximate surface area is 412 Å². The first kappa shape index (κ1) is 51.8. The third-order valence-electron chi connectivity index (χ3n) is 11.4. The second-order valence-corrected chi connectivity index (χ2v) is 19.4. The van der Waals surface area contributed by atoms with Gasteiger partial charge in [-0.05, 0) is 87.6 Å². The Kier molecular flexibility index (Phi) is 14.9. The predicted octanol–water partition coefficient (Wildman–Crippen LogP) is 6.96. The van der Waals surface area contributed by atoms with E-state index in [1.54, 1.807) is 65.4 Å². The number of fused-ring (bicyclic) bond motifs is 2. The van der Waals surface area contributed by atoms with Crippen LogP contribution in [0, 0.1) is 37.1 Å². The van der Waals surface area contributed by atoms with Crippen LogP contribution in [0.25, 0.3) is 22.5 Å². The van der Waals surface area contributed by atoms with Crippen LogP contribution >= 0.6 is 0 Å². The summed E-state index contributed by atoms with van der Waals surface area (Å²) in [5, 5.41) is 7.72. The van der Waals surface area contributed by atoms with E-state index in [9.17, 15) is 45.2 Å². The lowest BCUT2D eigenvalue weighted by Crippen LogP contribution is -2.43. The number of urea groups is 2. The number of halogens is 4. The van der Waals surface area contributed by atoms with E-state index < -0.39 is 61.7 Å². The van der Waals surface area contributed by atoms with E-state index in [0.29, 0.717) is 57.1 Å². The number of rotatable bonds is 11. The molecule has 72 heavy (non-hydrogen) atoms. The highest BCUT2D eigenvalue weighted by molar-refractivity contribution is 7.90. The van der Waals surface area contributed by atoms with Crippen molar-refractivity contribution in [2.24, 2.45) is 0 Å². The molecular formula is C49H50F4N12O6S. The standard InChI is InChI=1S/C26H29F2N7O2.C23H21F2N5O4S/c1-15-9-10-16(24(36)34(4)5)13-17(15)21-18-14-30-26(37)35(22-19(27)7-6-8-20(22)28)23(18)32-25(31-21)29-11-12-33(2)3;1-12-8-9-13(21(31)29(2)3)10-14(12)18-15-11-26-23(32)30(19-16(24)6-5-7-17(19)25)20(15)28-22(27-18)35(4,33)34/h6-10,13H,11-12,14H2,1-5H3,(H,30,37)(H,29,31,32);5-10H,11H2,1-4H3,(H,26,32). The van der Waals surface area contributed by atoms with Crippen LogP contribution in [-0.4, -0.2) is 129 Å². The summed E-state index contributed by atoms with van der Waals surface area (Å²) in [6.45, 7) is 4.69.